The Morgan fingerprint density at radius 3 is 2.59 bits per heavy atom. The van der Waals surface area contributed by atoms with Crippen LogP contribution in [0.5, 0.6) is 11.5 Å². The van der Waals surface area contributed by atoms with Gasteiger partial charge in [-0.2, -0.15) is 0 Å². The number of benzene rings is 1. The van der Waals surface area contributed by atoms with E-state index in [-0.39, 0.29) is 6.61 Å². The van der Waals surface area contributed by atoms with Gasteiger partial charge in [-0.3, -0.25) is 4.90 Å². The molecule has 0 radical (unpaired) electrons. The molecule has 154 valence electrons. The summed E-state index contributed by atoms with van der Waals surface area (Å²) in [6, 6.07) is 9.99. The van der Waals surface area contributed by atoms with Crippen molar-refractivity contribution in [3.8, 4) is 22.8 Å². The van der Waals surface area contributed by atoms with Crippen LogP contribution in [0.4, 0.5) is 0 Å². The van der Waals surface area contributed by atoms with Crippen LogP contribution in [0, 0.1) is 0 Å². The average molecular weight is 396 g/mol. The van der Waals surface area contributed by atoms with Gasteiger partial charge in [-0.15, -0.1) is 0 Å². The van der Waals surface area contributed by atoms with Crippen LogP contribution in [-0.4, -0.2) is 66.4 Å². The number of ether oxygens (including phenoxy) is 2. The molecule has 0 atom stereocenters. The maximum Gasteiger partial charge on any atom is 0.161 e. The Labute approximate surface area is 170 Å². The van der Waals surface area contributed by atoms with Crippen molar-refractivity contribution >= 4 is 5.65 Å². The average Bonchev–Trinajstić information content (AvgIpc) is 3.12. The lowest BCUT2D eigenvalue weighted by Crippen LogP contribution is -2.43. The van der Waals surface area contributed by atoms with E-state index in [1.54, 1.807) is 14.2 Å². The minimum atomic E-state index is 0.135. The fraction of sp³-hybridized carbons (Fsp3) is 0.409. The zero-order chi connectivity index (χ0) is 20.2. The zero-order valence-corrected chi connectivity index (χ0v) is 17.0. The smallest absolute Gasteiger partial charge is 0.161 e. The van der Waals surface area contributed by atoms with Crippen molar-refractivity contribution in [3.63, 3.8) is 0 Å². The van der Waals surface area contributed by atoms with Crippen molar-refractivity contribution in [2.75, 3.05) is 47.0 Å². The molecule has 1 aliphatic heterocycles. The molecule has 2 N–H and O–H groups in total. The molecule has 2 aromatic heterocycles. The Morgan fingerprint density at radius 2 is 1.86 bits per heavy atom. The summed E-state index contributed by atoms with van der Waals surface area (Å²) in [5, 5.41) is 12.8. The predicted molar refractivity (Wildman–Crippen MR) is 113 cm³/mol. The molecule has 0 aliphatic carbocycles. The summed E-state index contributed by atoms with van der Waals surface area (Å²) in [5.41, 5.74) is 5.10. The van der Waals surface area contributed by atoms with Crippen LogP contribution >= 0.6 is 0 Å². The topological polar surface area (TPSA) is 71.3 Å². The highest BCUT2D eigenvalue weighted by Crippen LogP contribution is 2.34. The lowest BCUT2D eigenvalue weighted by Gasteiger charge is -2.27. The SMILES string of the molecule is COc1ccc(-c2nc3ccc(CCO)cn3c2CN2CCNCC2)cc1OC. The number of imidazole rings is 1. The summed E-state index contributed by atoms with van der Waals surface area (Å²) < 4.78 is 13.1. The van der Waals surface area contributed by atoms with Crippen molar-refractivity contribution in [2.24, 2.45) is 0 Å². The minimum absolute atomic E-state index is 0.135. The molecular formula is C22H28N4O3. The molecule has 4 rings (SSSR count). The number of hydrogen-bond donors (Lipinski definition) is 2. The first kappa shape index (κ1) is 19.7. The Balaban J connectivity index is 1.82. The van der Waals surface area contributed by atoms with Crippen LogP contribution in [-0.2, 0) is 13.0 Å². The van der Waals surface area contributed by atoms with Gasteiger partial charge >= 0.3 is 0 Å². The highest BCUT2D eigenvalue weighted by Gasteiger charge is 2.20. The van der Waals surface area contributed by atoms with E-state index in [1.807, 2.05) is 30.3 Å². The number of aromatic nitrogens is 2. The zero-order valence-electron chi connectivity index (χ0n) is 17.0. The second-order valence-corrected chi connectivity index (χ2v) is 7.24. The second-order valence-electron chi connectivity index (χ2n) is 7.24. The van der Waals surface area contributed by atoms with E-state index in [1.165, 1.54) is 0 Å². The van der Waals surface area contributed by atoms with Crippen LogP contribution in [0.15, 0.2) is 36.5 Å². The van der Waals surface area contributed by atoms with Crippen molar-refractivity contribution in [1.29, 1.82) is 0 Å². The molecular weight excluding hydrogens is 368 g/mol. The van der Waals surface area contributed by atoms with Gasteiger partial charge in [0.05, 0.1) is 25.6 Å². The third kappa shape index (κ3) is 4.07. The van der Waals surface area contributed by atoms with Crippen LogP contribution in [0.25, 0.3) is 16.9 Å². The maximum absolute atomic E-state index is 9.35. The van der Waals surface area contributed by atoms with E-state index in [9.17, 15) is 5.11 Å². The van der Waals surface area contributed by atoms with Crippen molar-refractivity contribution in [1.82, 2.24) is 19.6 Å². The minimum Gasteiger partial charge on any atom is -0.493 e. The van der Waals surface area contributed by atoms with E-state index in [0.29, 0.717) is 17.9 Å². The Kier molecular flexibility index (Phi) is 5.99. The quantitative estimate of drug-likeness (QED) is 0.636. The van der Waals surface area contributed by atoms with Gasteiger partial charge in [-0.1, -0.05) is 6.07 Å². The van der Waals surface area contributed by atoms with Crippen molar-refractivity contribution in [2.45, 2.75) is 13.0 Å². The lowest BCUT2D eigenvalue weighted by atomic mass is 10.1. The first-order chi connectivity index (χ1) is 14.2. The molecule has 0 spiro atoms. The van der Waals surface area contributed by atoms with Gasteiger partial charge in [0.15, 0.2) is 11.5 Å². The van der Waals surface area contributed by atoms with Crippen LogP contribution < -0.4 is 14.8 Å². The van der Waals surface area contributed by atoms with Gasteiger partial charge in [-0.25, -0.2) is 4.98 Å². The Morgan fingerprint density at radius 1 is 1.07 bits per heavy atom. The molecule has 3 aromatic rings. The van der Waals surface area contributed by atoms with Gasteiger partial charge in [0.25, 0.3) is 0 Å². The molecule has 0 amide bonds. The predicted octanol–water partition coefficient (Wildman–Crippen LogP) is 1.96. The Bertz CT molecular complexity index is 980. The van der Waals surface area contributed by atoms with Crippen LogP contribution in [0.1, 0.15) is 11.3 Å². The van der Waals surface area contributed by atoms with Gasteiger partial charge in [-0.05, 0) is 36.2 Å². The number of aliphatic hydroxyl groups is 1. The highest BCUT2D eigenvalue weighted by atomic mass is 16.5. The number of nitrogens with zero attached hydrogens (tertiary/aromatic N) is 3. The third-order valence-electron chi connectivity index (χ3n) is 5.42. The van der Waals surface area contributed by atoms with Crippen molar-refractivity contribution in [3.05, 3.63) is 47.8 Å². The van der Waals surface area contributed by atoms with E-state index in [4.69, 9.17) is 14.5 Å². The molecule has 3 heterocycles. The van der Waals surface area contributed by atoms with Crippen LogP contribution in [0.2, 0.25) is 0 Å². The first-order valence-corrected chi connectivity index (χ1v) is 9.99. The number of nitrogens with one attached hydrogen (secondary N) is 1. The molecule has 7 heteroatoms. The number of aliphatic hydroxyl groups excluding tert-OH is 1. The molecule has 1 saturated heterocycles. The van der Waals surface area contributed by atoms with E-state index in [0.717, 1.165) is 60.9 Å². The standard InChI is InChI=1S/C22H28N4O3/c1-28-19-5-4-17(13-20(19)29-2)22-18(15-25-10-8-23-9-11-25)26-14-16(7-12-27)3-6-21(26)24-22/h3-6,13-14,23,27H,7-12,15H2,1-2H3. The van der Waals surface area contributed by atoms with Gasteiger partial charge in [0.2, 0.25) is 0 Å². The normalized spacial score (nSPS) is 15.0. The molecule has 1 aromatic carbocycles. The monoisotopic (exact) mass is 396 g/mol. The van der Waals surface area contributed by atoms with Gasteiger partial charge < -0.3 is 24.3 Å². The molecule has 0 bridgehead atoms. The van der Waals surface area contributed by atoms with Crippen LogP contribution in [0.3, 0.4) is 0 Å². The molecule has 29 heavy (non-hydrogen) atoms. The largest absolute Gasteiger partial charge is 0.493 e. The summed E-state index contributed by atoms with van der Waals surface area (Å²) in [6.45, 7) is 4.96. The summed E-state index contributed by atoms with van der Waals surface area (Å²) in [4.78, 5) is 7.39. The summed E-state index contributed by atoms with van der Waals surface area (Å²) in [5.74, 6) is 1.39. The number of pyridine rings is 1. The molecule has 0 unspecified atom stereocenters. The summed E-state index contributed by atoms with van der Waals surface area (Å²) in [6.07, 6.45) is 2.73. The van der Waals surface area contributed by atoms with Gasteiger partial charge in [0, 0.05) is 51.1 Å². The molecule has 0 saturated carbocycles. The van der Waals surface area contributed by atoms with E-state index >= 15 is 0 Å². The van der Waals surface area contributed by atoms with Crippen molar-refractivity contribution < 1.29 is 14.6 Å². The number of piperazine rings is 1. The summed E-state index contributed by atoms with van der Waals surface area (Å²) in [7, 11) is 3.29. The number of rotatable bonds is 7. The first-order valence-electron chi connectivity index (χ1n) is 9.99. The third-order valence-corrected chi connectivity index (χ3v) is 5.42. The molecule has 7 nitrogen and oxygen atoms in total. The summed E-state index contributed by atoms with van der Waals surface area (Å²) >= 11 is 0. The molecule has 1 aliphatic rings. The fourth-order valence-corrected chi connectivity index (χ4v) is 3.86. The molecule has 1 fully saturated rings. The fourth-order valence-electron chi connectivity index (χ4n) is 3.86. The maximum atomic E-state index is 9.35. The number of fused-ring (bicyclic) bond motifs is 1. The number of methoxy groups -OCH3 is 2. The van der Waals surface area contributed by atoms with E-state index in [2.05, 4.69) is 20.8 Å². The Hall–Kier alpha value is -2.61. The van der Waals surface area contributed by atoms with Gasteiger partial charge in [0.1, 0.15) is 5.65 Å². The lowest BCUT2D eigenvalue weighted by molar-refractivity contribution is 0.230. The second kappa shape index (κ2) is 8.82. The highest BCUT2D eigenvalue weighted by molar-refractivity contribution is 5.69. The van der Waals surface area contributed by atoms with E-state index < -0.39 is 0 Å². The number of hydrogen-bond acceptors (Lipinski definition) is 6.